The van der Waals surface area contributed by atoms with Crippen LogP contribution in [0.4, 0.5) is 5.69 Å². The van der Waals surface area contributed by atoms with Gasteiger partial charge in [-0.25, -0.2) is 0 Å². The first-order chi connectivity index (χ1) is 10.8. The number of pyridine rings is 1. The Morgan fingerprint density at radius 1 is 1.18 bits per heavy atom. The average molecular weight is 298 g/mol. The van der Waals surface area contributed by atoms with E-state index in [0.29, 0.717) is 6.42 Å². The number of nitrogens with one attached hydrogen (secondary N) is 1. The van der Waals surface area contributed by atoms with E-state index in [0.717, 1.165) is 31.3 Å². The number of unbranched alkanes of at least 4 members (excludes halogenated alkanes) is 1. The van der Waals surface area contributed by atoms with Gasteiger partial charge in [-0.15, -0.1) is 0 Å². The number of aliphatic carboxylic acids is 1. The van der Waals surface area contributed by atoms with Crippen LogP contribution in [0.1, 0.15) is 43.4 Å². The highest BCUT2D eigenvalue weighted by molar-refractivity contribution is 5.93. The summed E-state index contributed by atoms with van der Waals surface area (Å²) in [7, 11) is 0. The number of carboxylic acids is 1. The first-order valence-corrected chi connectivity index (χ1v) is 8.12. The first-order valence-electron chi connectivity index (χ1n) is 8.12. The first kappa shape index (κ1) is 14.8. The van der Waals surface area contributed by atoms with E-state index >= 15 is 0 Å². The molecule has 3 rings (SSSR count). The van der Waals surface area contributed by atoms with Crippen molar-refractivity contribution in [1.82, 2.24) is 4.98 Å². The van der Waals surface area contributed by atoms with E-state index < -0.39 is 5.97 Å². The Morgan fingerprint density at radius 2 is 2.00 bits per heavy atom. The molecule has 0 unspecified atom stereocenters. The molecule has 116 valence electrons. The summed E-state index contributed by atoms with van der Waals surface area (Å²) >= 11 is 0. The number of benzene rings is 1. The Labute approximate surface area is 130 Å². The van der Waals surface area contributed by atoms with Crippen LogP contribution >= 0.6 is 0 Å². The summed E-state index contributed by atoms with van der Waals surface area (Å²) in [6.45, 7) is 0.813. The minimum absolute atomic E-state index is 0.247. The summed E-state index contributed by atoms with van der Waals surface area (Å²) < 4.78 is 0. The lowest BCUT2D eigenvalue weighted by Crippen LogP contribution is -2.12. The van der Waals surface area contributed by atoms with E-state index in [2.05, 4.69) is 23.5 Å². The highest BCUT2D eigenvalue weighted by atomic mass is 16.4. The summed E-state index contributed by atoms with van der Waals surface area (Å²) in [6.07, 6.45) is 6.43. The van der Waals surface area contributed by atoms with Crippen LogP contribution in [0.5, 0.6) is 0 Å². The number of fused-ring (bicyclic) bond motifs is 2. The number of carboxylic acid groups (broad SMARTS) is 1. The van der Waals surface area contributed by atoms with Gasteiger partial charge in [-0.1, -0.05) is 18.2 Å². The van der Waals surface area contributed by atoms with E-state index in [-0.39, 0.29) is 6.42 Å². The van der Waals surface area contributed by atoms with Gasteiger partial charge in [0.1, 0.15) is 0 Å². The lowest BCUT2D eigenvalue weighted by atomic mass is 9.92. The molecule has 0 aliphatic heterocycles. The molecular formula is C18H22N2O2. The van der Waals surface area contributed by atoms with Gasteiger partial charge >= 0.3 is 5.97 Å². The molecule has 0 saturated heterocycles. The van der Waals surface area contributed by atoms with Crippen molar-refractivity contribution in [3.63, 3.8) is 0 Å². The number of carbonyl (C=O) groups is 1. The Morgan fingerprint density at radius 3 is 2.86 bits per heavy atom. The van der Waals surface area contributed by atoms with Crippen LogP contribution < -0.4 is 5.32 Å². The molecule has 22 heavy (non-hydrogen) atoms. The molecule has 0 saturated carbocycles. The van der Waals surface area contributed by atoms with E-state index in [1.165, 1.54) is 35.2 Å². The summed E-state index contributed by atoms with van der Waals surface area (Å²) in [5, 5.41) is 13.4. The minimum atomic E-state index is -0.716. The quantitative estimate of drug-likeness (QED) is 0.797. The van der Waals surface area contributed by atoms with Gasteiger partial charge in [0.25, 0.3) is 0 Å². The molecular weight excluding hydrogens is 276 g/mol. The Hall–Kier alpha value is -2.10. The molecule has 1 aromatic carbocycles. The predicted molar refractivity (Wildman–Crippen MR) is 88.4 cm³/mol. The van der Waals surface area contributed by atoms with Gasteiger partial charge < -0.3 is 10.4 Å². The predicted octanol–water partition coefficient (Wildman–Crippen LogP) is 3.78. The van der Waals surface area contributed by atoms with Gasteiger partial charge in [-0.2, -0.15) is 0 Å². The van der Waals surface area contributed by atoms with Crippen LogP contribution in [0.25, 0.3) is 10.9 Å². The van der Waals surface area contributed by atoms with Crippen LogP contribution in [0.3, 0.4) is 0 Å². The molecule has 0 spiro atoms. The summed E-state index contributed by atoms with van der Waals surface area (Å²) in [5.74, 6) is -0.716. The lowest BCUT2D eigenvalue weighted by molar-refractivity contribution is -0.137. The molecule has 1 aromatic heterocycles. The number of hydrogen-bond donors (Lipinski definition) is 2. The van der Waals surface area contributed by atoms with Crippen LogP contribution in [-0.4, -0.2) is 22.6 Å². The second kappa shape index (κ2) is 6.77. The number of anilines is 1. The highest BCUT2D eigenvalue weighted by Crippen LogP contribution is 2.33. The number of hydrogen-bond acceptors (Lipinski definition) is 3. The maximum Gasteiger partial charge on any atom is 0.303 e. The molecule has 0 bridgehead atoms. The normalized spacial score (nSPS) is 13.8. The molecule has 4 heteroatoms. The van der Waals surface area contributed by atoms with Crippen molar-refractivity contribution in [2.24, 2.45) is 0 Å². The smallest absolute Gasteiger partial charge is 0.303 e. The largest absolute Gasteiger partial charge is 0.481 e. The van der Waals surface area contributed by atoms with Gasteiger partial charge in [0.15, 0.2) is 0 Å². The van der Waals surface area contributed by atoms with Gasteiger partial charge in [0.2, 0.25) is 0 Å². The van der Waals surface area contributed by atoms with Crippen LogP contribution in [0.2, 0.25) is 0 Å². The molecule has 1 heterocycles. The Bertz CT molecular complexity index is 682. The third-order valence-electron chi connectivity index (χ3n) is 4.29. The number of nitrogens with zero attached hydrogens (tertiary/aromatic N) is 1. The van der Waals surface area contributed by atoms with Crippen molar-refractivity contribution in [3.8, 4) is 0 Å². The summed E-state index contributed by atoms with van der Waals surface area (Å²) in [5.41, 5.74) is 4.87. The number of aryl methyl sites for hydroxylation is 1. The number of para-hydroxylation sites is 1. The lowest BCUT2D eigenvalue weighted by Gasteiger charge is -2.21. The van der Waals surface area contributed by atoms with Crippen LogP contribution in [0, 0.1) is 0 Å². The van der Waals surface area contributed by atoms with E-state index in [4.69, 9.17) is 10.1 Å². The zero-order valence-electron chi connectivity index (χ0n) is 12.8. The molecule has 0 radical (unpaired) electrons. The van der Waals surface area contributed by atoms with Gasteiger partial charge in [0, 0.05) is 29.7 Å². The third kappa shape index (κ3) is 3.21. The second-order valence-electron chi connectivity index (χ2n) is 5.91. The highest BCUT2D eigenvalue weighted by Gasteiger charge is 2.17. The standard InChI is InChI=1S/C18H22N2O2/c21-17(22)11-5-6-12-19-18-13-7-1-3-9-15(13)20-16-10-4-2-8-14(16)18/h1,3,7,9H,2,4-6,8,10-12H2,(H,19,20)(H,21,22). The van der Waals surface area contributed by atoms with Gasteiger partial charge in [-0.05, 0) is 50.2 Å². The fraction of sp³-hybridized carbons (Fsp3) is 0.444. The molecule has 2 N–H and O–H groups in total. The molecule has 1 aliphatic rings. The van der Waals surface area contributed by atoms with Gasteiger partial charge in [-0.3, -0.25) is 9.78 Å². The third-order valence-corrected chi connectivity index (χ3v) is 4.29. The molecule has 0 fully saturated rings. The molecule has 1 aliphatic carbocycles. The summed E-state index contributed by atoms with van der Waals surface area (Å²) in [6, 6.07) is 8.27. The van der Waals surface area contributed by atoms with Crippen molar-refractivity contribution >= 4 is 22.6 Å². The van der Waals surface area contributed by atoms with E-state index in [1.807, 2.05) is 6.07 Å². The minimum Gasteiger partial charge on any atom is -0.481 e. The zero-order valence-corrected chi connectivity index (χ0v) is 12.8. The molecule has 2 aromatic rings. The fourth-order valence-corrected chi connectivity index (χ4v) is 3.19. The Balaban J connectivity index is 1.81. The van der Waals surface area contributed by atoms with Crippen molar-refractivity contribution in [1.29, 1.82) is 0 Å². The molecule has 4 nitrogen and oxygen atoms in total. The second-order valence-corrected chi connectivity index (χ2v) is 5.91. The SMILES string of the molecule is O=C(O)CCCCNc1c2c(nc3ccccc13)CCCC2. The number of rotatable bonds is 6. The van der Waals surface area contributed by atoms with Crippen LogP contribution in [0.15, 0.2) is 24.3 Å². The van der Waals surface area contributed by atoms with Crippen molar-refractivity contribution in [3.05, 3.63) is 35.5 Å². The van der Waals surface area contributed by atoms with E-state index in [9.17, 15) is 4.79 Å². The molecule has 0 amide bonds. The van der Waals surface area contributed by atoms with Crippen molar-refractivity contribution in [2.75, 3.05) is 11.9 Å². The van der Waals surface area contributed by atoms with E-state index in [1.54, 1.807) is 0 Å². The average Bonchev–Trinajstić information content (AvgIpc) is 2.53. The van der Waals surface area contributed by atoms with Crippen molar-refractivity contribution < 1.29 is 9.90 Å². The monoisotopic (exact) mass is 298 g/mol. The van der Waals surface area contributed by atoms with Crippen molar-refractivity contribution in [2.45, 2.75) is 44.9 Å². The summed E-state index contributed by atoms with van der Waals surface area (Å²) in [4.78, 5) is 15.4. The Kier molecular flexibility index (Phi) is 4.56. The molecule has 0 atom stereocenters. The van der Waals surface area contributed by atoms with Gasteiger partial charge in [0.05, 0.1) is 5.52 Å². The topological polar surface area (TPSA) is 62.2 Å². The number of aromatic nitrogens is 1. The maximum atomic E-state index is 10.6. The van der Waals surface area contributed by atoms with Crippen LogP contribution in [-0.2, 0) is 17.6 Å². The zero-order chi connectivity index (χ0) is 15.4. The maximum absolute atomic E-state index is 10.6. The fourth-order valence-electron chi connectivity index (χ4n) is 3.19.